The first kappa shape index (κ1) is 15.0. The minimum Gasteiger partial charge on any atom is -0.399 e. The maximum atomic E-state index is 12.2. The summed E-state index contributed by atoms with van der Waals surface area (Å²) in [5, 5.41) is 12.3. The van der Waals surface area contributed by atoms with E-state index < -0.39 is 5.54 Å². The molecule has 0 aliphatic rings. The number of anilines is 1. The average molecular weight is 315 g/mol. The molecule has 0 radical (unpaired) electrons. The summed E-state index contributed by atoms with van der Waals surface area (Å²) in [5.41, 5.74) is 6.12. The maximum absolute atomic E-state index is 12.2. The van der Waals surface area contributed by atoms with E-state index in [1.807, 2.05) is 13.8 Å². The van der Waals surface area contributed by atoms with Gasteiger partial charge in [-0.2, -0.15) is 0 Å². The van der Waals surface area contributed by atoms with Gasteiger partial charge in [0, 0.05) is 10.2 Å². The molecule has 0 unspecified atom stereocenters. The third-order valence-corrected chi connectivity index (χ3v) is 3.96. The van der Waals surface area contributed by atoms with Gasteiger partial charge in [0.25, 0.3) is 5.91 Å². The molecule has 1 rings (SSSR count). The molecule has 0 spiro atoms. The minimum absolute atomic E-state index is 0.0777. The van der Waals surface area contributed by atoms with Crippen LogP contribution in [0, 0.1) is 0 Å². The zero-order chi connectivity index (χ0) is 13.8. The Bertz CT molecular complexity index is 423. The summed E-state index contributed by atoms with van der Waals surface area (Å²) >= 11 is 3.33. The standard InChI is InChI=1S/C13H19BrN2O2/c1-3-13(4-2,8-17)16-12(18)10-7-9(15)5-6-11(10)14/h5-7,17H,3-4,8,15H2,1-2H3,(H,16,18). The Balaban J connectivity index is 2.97. The molecule has 0 aliphatic heterocycles. The average Bonchev–Trinajstić information content (AvgIpc) is 2.38. The van der Waals surface area contributed by atoms with Gasteiger partial charge in [0.1, 0.15) is 0 Å². The number of nitrogens with one attached hydrogen (secondary N) is 1. The topological polar surface area (TPSA) is 75.3 Å². The van der Waals surface area contributed by atoms with Crippen molar-refractivity contribution in [2.24, 2.45) is 0 Å². The number of amides is 1. The Morgan fingerprint density at radius 2 is 2.06 bits per heavy atom. The summed E-state index contributed by atoms with van der Waals surface area (Å²) in [6.45, 7) is 3.80. The lowest BCUT2D eigenvalue weighted by atomic mass is 9.93. The van der Waals surface area contributed by atoms with E-state index in [1.165, 1.54) is 0 Å². The van der Waals surface area contributed by atoms with Gasteiger partial charge in [-0.05, 0) is 47.0 Å². The third-order valence-electron chi connectivity index (χ3n) is 3.27. The molecule has 0 heterocycles. The van der Waals surface area contributed by atoms with Crippen LogP contribution in [0.25, 0.3) is 0 Å². The van der Waals surface area contributed by atoms with Crippen molar-refractivity contribution in [1.82, 2.24) is 5.32 Å². The molecule has 0 saturated carbocycles. The second-order valence-electron chi connectivity index (χ2n) is 4.34. The SMILES string of the molecule is CCC(CC)(CO)NC(=O)c1cc(N)ccc1Br. The second kappa shape index (κ2) is 6.20. The maximum Gasteiger partial charge on any atom is 0.253 e. The van der Waals surface area contributed by atoms with Crippen LogP contribution < -0.4 is 11.1 Å². The van der Waals surface area contributed by atoms with Gasteiger partial charge in [0.05, 0.1) is 17.7 Å². The molecule has 0 saturated heterocycles. The first-order valence-electron chi connectivity index (χ1n) is 5.96. The second-order valence-corrected chi connectivity index (χ2v) is 5.19. The normalized spacial score (nSPS) is 11.3. The Kier molecular flexibility index (Phi) is 5.16. The molecular weight excluding hydrogens is 296 g/mol. The molecule has 1 aromatic carbocycles. The summed E-state index contributed by atoms with van der Waals surface area (Å²) in [6, 6.07) is 5.08. The molecule has 18 heavy (non-hydrogen) atoms. The van der Waals surface area contributed by atoms with Crippen LogP contribution in [-0.2, 0) is 0 Å². The van der Waals surface area contributed by atoms with E-state index in [2.05, 4.69) is 21.2 Å². The van der Waals surface area contributed by atoms with Crippen LogP contribution in [0.1, 0.15) is 37.0 Å². The number of hydrogen-bond acceptors (Lipinski definition) is 3. The molecule has 4 nitrogen and oxygen atoms in total. The predicted octanol–water partition coefficient (Wildman–Crippen LogP) is 2.31. The Hall–Kier alpha value is -1.07. The highest BCUT2D eigenvalue weighted by Crippen LogP contribution is 2.21. The van der Waals surface area contributed by atoms with Crippen LogP contribution in [0.5, 0.6) is 0 Å². The van der Waals surface area contributed by atoms with Crippen LogP contribution in [0.15, 0.2) is 22.7 Å². The van der Waals surface area contributed by atoms with E-state index in [0.717, 1.165) is 0 Å². The number of carbonyl (C=O) groups is 1. The minimum atomic E-state index is -0.568. The molecule has 100 valence electrons. The van der Waals surface area contributed by atoms with E-state index >= 15 is 0 Å². The van der Waals surface area contributed by atoms with Gasteiger partial charge in [-0.15, -0.1) is 0 Å². The van der Waals surface area contributed by atoms with Crippen LogP contribution in [0.4, 0.5) is 5.69 Å². The van der Waals surface area contributed by atoms with Gasteiger partial charge in [-0.3, -0.25) is 4.79 Å². The van der Waals surface area contributed by atoms with Crippen molar-refractivity contribution in [3.8, 4) is 0 Å². The monoisotopic (exact) mass is 314 g/mol. The van der Waals surface area contributed by atoms with Crippen LogP contribution in [0.2, 0.25) is 0 Å². The highest BCUT2D eigenvalue weighted by Gasteiger charge is 2.28. The van der Waals surface area contributed by atoms with Crippen molar-refractivity contribution >= 4 is 27.5 Å². The number of nitrogen functional groups attached to an aromatic ring is 1. The van der Waals surface area contributed by atoms with Crippen molar-refractivity contribution in [2.75, 3.05) is 12.3 Å². The van der Waals surface area contributed by atoms with Crippen molar-refractivity contribution in [2.45, 2.75) is 32.2 Å². The number of hydrogen-bond donors (Lipinski definition) is 3. The number of aliphatic hydroxyl groups excluding tert-OH is 1. The molecule has 1 aromatic rings. The molecule has 0 atom stereocenters. The van der Waals surface area contributed by atoms with Gasteiger partial charge in [-0.25, -0.2) is 0 Å². The Labute approximate surface area is 116 Å². The summed E-state index contributed by atoms with van der Waals surface area (Å²) < 4.78 is 0.688. The number of benzene rings is 1. The fraction of sp³-hybridized carbons (Fsp3) is 0.462. The number of rotatable bonds is 5. The smallest absolute Gasteiger partial charge is 0.253 e. The van der Waals surface area contributed by atoms with Gasteiger partial charge < -0.3 is 16.2 Å². The van der Waals surface area contributed by atoms with E-state index in [4.69, 9.17) is 5.73 Å². The quantitative estimate of drug-likeness (QED) is 0.730. The zero-order valence-corrected chi connectivity index (χ0v) is 12.3. The zero-order valence-electron chi connectivity index (χ0n) is 10.7. The molecule has 0 aliphatic carbocycles. The lowest BCUT2D eigenvalue weighted by molar-refractivity contribution is 0.0817. The fourth-order valence-corrected chi connectivity index (χ4v) is 2.14. The van der Waals surface area contributed by atoms with Crippen LogP contribution in [0.3, 0.4) is 0 Å². The van der Waals surface area contributed by atoms with Gasteiger partial charge >= 0.3 is 0 Å². The number of aliphatic hydroxyl groups is 1. The molecule has 0 fully saturated rings. The van der Waals surface area contributed by atoms with Crippen molar-refractivity contribution in [3.05, 3.63) is 28.2 Å². The van der Waals surface area contributed by atoms with E-state index in [1.54, 1.807) is 18.2 Å². The first-order chi connectivity index (χ1) is 8.48. The van der Waals surface area contributed by atoms with E-state index in [0.29, 0.717) is 28.6 Å². The third kappa shape index (κ3) is 3.23. The molecule has 5 heteroatoms. The largest absolute Gasteiger partial charge is 0.399 e. The Morgan fingerprint density at radius 3 is 2.56 bits per heavy atom. The summed E-state index contributed by atoms with van der Waals surface area (Å²) in [6.07, 6.45) is 1.34. The van der Waals surface area contributed by atoms with Crippen molar-refractivity contribution in [1.29, 1.82) is 0 Å². The Morgan fingerprint density at radius 1 is 1.44 bits per heavy atom. The lowest BCUT2D eigenvalue weighted by Gasteiger charge is -2.30. The summed E-state index contributed by atoms with van der Waals surface area (Å²) in [7, 11) is 0. The predicted molar refractivity (Wildman–Crippen MR) is 76.4 cm³/mol. The van der Waals surface area contributed by atoms with E-state index in [-0.39, 0.29) is 12.5 Å². The highest BCUT2D eigenvalue weighted by molar-refractivity contribution is 9.10. The molecule has 4 N–H and O–H groups in total. The molecule has 0 bridgehead atoms. The number of nitrogens with two attached hydrogens (primary N) is 1. The highest BCUT2D eigenvalue weighted by atomic mass is 79.9. The summed E-state index contributed by atoms with van der Waals surface area (Å²) in [4.78, 5) is 12.2. The molecule has 0 aromatic heterocycles. The van der Waals surface area contributed by atoms with E-state index in [9.17, 15) is 9.90 Å². The van der Waals surface area contributed by atoms with Gasteiger partial charge in [0.15, 0.2) is 0 Å². The fourth-order valence-electron chi connectivity index (χ4n) is 1.71. The van der Waals surface area contributed by atoms with Crippen LogP contribution >= 0.6 is 15.9 Å². The van der Waals surface area contributed by atoms with Crippen molar-refractivity contribution in [3.63, 3.8) is 0 Å². The lowest BCUT2D eigenvalue weighted by Crippen LogP contribution is -2.50. The van der Waals surface area contributed by atoms with Crippen LogP contribution in [-0.4, -0.2) is 23.2 Å². The number of carbonyl (C=O) groups excluding carboxylic acids is 1. The number of halogens is 1. The summed E-state index contributed by atoms with van der Waals surface area (Å²) in [5.74, 6) is -0.230. The molecular formula is C13H19BrN2O2. The van der Waals surface area contributed by atoms with Gasteiger partial charge in [0.2, 0.25) is 0 Å². The van der Waals surface area contributed by atoms with Crippen molar-refractivity contribution < 1.29 is 9.90 Å². The van der Waals surface area contributed by atoms with Gasteiger partial charge in [-0.1, -0.05) is 13.8 Å². The first-order valence-corrected chi connectivity index (χ1v) is 6.75. The molecule has 1 amide bonds.